The number of fused-ring (bicyclic) bond motifs is 6. The van der Waals surface area contributed by atoms with E-state index in [1.807, 2.05) is 0 Å². The second-order valence-corrected chi connectivity index (χ2v) is 7.97. The fourth-order valence-corrected chi connectivity index (χ4v) is 5.71. The Morgan fingerprint density at radius 2 is 2.08 bits per heavy atom. The van der Waals surface area contributed by atoms with Crippen LogP contribution in [0.3, 0.4) is 0 Å². The summed E-state index contributed by atoms with van der Waals surface area (Å²) in [4.78, 5) is 6.33. The number of rotatable bonds is 1. The minimum atomic E-state index is -0.325. The molecular formula is C20H26N2O2. The maximum Gasteiger partial charge on any atom is 0.0593 e. The molecule has 0 spiro atoms. The van der Waals surface area contributed by atoms with Crippen molar-refractivity contribution in [3.05, 3.63) is 35.5 Å². The first-order valence-electron chi connectivity index (χ1n) is 9.38. The highest BCUT2D eigenvalue weighted by atomic mass is 16.3. The molecule has 1 aliphatic carbocycles. The summed E-state index contributed by atoms with van der Waals surface area (Å²) in [6.45, 7) is 2.37. The first kappa shape index (κ1) is 14.9. The monoisotopic (exact) mass is 326 g/mol. The number of nitrogens with zero attached hydrogens (tertiary/aromatic N) is 1. The van der Waals surface area contributed by atoms with E-state index in [1.54, 1.807) is 0 Å². The first-order chi connectivity index (χ1) is 11.8. The summed E-state index contributed by atoms with van der Waals surface area (Å²) in [5.74, 6) is 1.13. The van der Waals surface area contributed by atoms with Crippen LogP contribution in [0.2, 0.25) is 0 Å². The van der Waals surface area contributed by atoms with Crippen molar-refractivity contribution >= 4 is 10.9 Å². The molecule has 4 heteroatoms. The zero-order valence-electron chi connectivity index (χ0n) is 14.0. The molecular weight excluding hydrogens is 300 g/mol. The Kier molecular flexibility index (Phi) is 3.47. The fraction of sp³-hybridized carbons (Fsp3) is 0.600. The third-order valence-corrected chi connectivity index (χ3v) is 6.93. The number of hydrogen-bond acceptors (Lipinski definition) is 3. The van der Waals surface area contributed by atoms with Gasteiger partial charge < -0.3 is 15.2 Å². The van der Waals surface area contributed by atoms with Crippen LogP contribution in [0.25, 0.3) is 10.9 Å². The quantitative estimate of drug-likeness (QED) is 0.754. The van der Waals surface area contributed by atoms with Crippen molar-refractivity contribution in [1.29, 1.82) is 0 Å². The highest BCUT2D eigenvalue weighted by Crippen LogP contribution is 2.48. The minimum Gasteiger partial charge on any atom is -0.396 e. The van der Waals surface area contributed by atoms with Crippen LogP contribution >= 0.6 is 0 Å². The normalized spacial score (nSPS) is 36.2. The van der Waals surface area contributed by atoms with Crippen LogP contribution in [0.15, 0.2) is 24.3 Å². The molecule has 1 aromatic carbocycles. The topological polar surface area (TPSA) is 59.5 Å². The second-order valence-electron chi connectivity index (χ2n) is 7.97. The molecule has 2 aromatic rings. The average Bonchev–Trinajstić information content (AvgIpc) is 2.99. The Morgan fingerprint density at radius 3 is 2.96 bits per heavy atom. The van der Waals surface area contributed by atoms with Gasteiger partial charge in [-0.1, -0.05) is 18.2 Å². The molecule has 24 heavy (non-hydrogen) atoms. The van der Waals surface area contributed by atoms with E-state index in [4.69, 9.17) is 0 Å². The predicted molar refractivity (Wildman–Crippen MR) is 93.7 cm³/mol. The van der Waals surface area contributed by atoms with Crippen molar-refractivity contribution in [2.24, 2.45) is 17.8 Å². The summed E-state index contributed by atoms with van der Waals surface area (Å²) < 4.78 is 0. The maximum absolute atomic E-state index is 10.3. The van der Waals surface area contributed by atoms with Crippen LogP contribution in [0.4, 0.5) is 0 Å². The third-order valence-electron chi connectivity index (χ3n) is 6.93. The molecule has 0 amide bonds. The van der Waals surface area contributed by atoms with E-state index >= 15 is 0 Å². The average molecular weight is 326 g/mol. The Hall–Kier alpha value is -1.36. The van der Waals surface area contributed by atoms with Crippen LogP contribution in [0.5, 0.6) is 0 Å². The Balaban J connectivity index is 1.53. The summed E-state index contributed by atoms with van der Waals surface area (Å²) in [6, 6.07) is 9.04. The summed E-state index contributed by atoms with van der Waals surface area (Å²) in [5.41, 5.74) is 4.12. The number of nitrogens with one attached hydrogen (secondary N) is 1. The number of hydrogen-bond donors (Lipinski definition) is 3. The summed E-state index contributed by atoms with van der Waals surface area (Å²) >= 11 is 0. The van der Waals surface area contributed by atoms with Gasteiger partial charge in [0, 0.05) is 42.2 Å². The van der Waals surface area contributed by atoms with Gasteiger partial charge in [0.1, 0.15) is 0 Å². The van der Waals surface area contributed by atoms with Gasteiger partial charge in [0.05, 0.1) is 12.1 Å². The molecule has 0 bridgehead atoms. The van der Waals surface area contributed by atoms with Crippen molar-refractivity contribution < 1.29 is 10.2 Å². The number of aliphatic hydroxyl groups is 2. The first-order valence-corrected chi connectivity index (χ1v) is 9.38. The third kappa shape index (κ3) is 2.10. The molecule has 0 unspecified atom stereocenters. The van der Waals surface area contributed by atoms with Crippen molar-refractivity contribution in [3.8, 4) is 0 Å². The molecule has 1 saturated heterocycles. The van der Waals surface area contributed by atoms with Crippen molar-refractivity contribution in [1.82, 2.24) is 9.88 Å². The van der Waals surface area contributed by atoms with Gasteiger partial charge in [-0.2, -0.15) is 0 Å². The van der Waals surface area contributed by atoms with Crippen LogP contribution < -0.4 is 0 Å². The predicted octanol–water partition coefficient (Wildman–Crippen LogP) is 2.47. The number of benzene rings is 1. The zero-order valence-corrected chi connectivity index (χ0v) is 14.0. The van der Waals surface area contributed by atoms with Gasteiger partial charge in [-0.25, -0.2) is 0 Å². The molecule has 1 saturated carbocycles. The van der Waals surface area contributed by atoms with Crippen LogP contribution in [-0.4, -0.2) is 45.9 Å². The van der Waals surface area contributed by atoms with E-state index in [0.29, 0.717) is 17.9 Å². The van der Waals surface area contributed by atoms with Crippen LogP contribution in [-0.2, 0) is 6.42 Å². The van der Waals surface area contributed by atoms with E-state index < -0.39 is 0 Å². The highest BCUT2D eigenvalue weighted by Gasteiger charge is 2.46. The SMILES string of the molecule is OC[C@@H]1[C@H]2C[C@H]3c4[nH]c5ccccc5c4CCN3C[C@@H]2CC[C@@H]1O. The summed E-state index contributed by atoms with van der Waals surface area (Å²) in [7, 11) is 0. The molecule has 1 aromatic heterocycles. The van der Waals surface area contributed by atoms with Crippen LogP contribution in [0, 0.1) is 17.8 Å². The smallest absolute Gasteiger partial charge is 0.0593 e. The van der Waals surface area contributed by atoms with Crippen molar-refractivity contribution in [2.75, 3.05) is 19.7 Å². The van der Waals surface area contributed by atoms with Gasteiger partial charge in [0.2, 0.25) is 0 Å². The lowest BCUT2D eigenvalue weighted by Crippen LogP contribution is -2.52. The minimum absolute atomic E-state index is 0.0562. The Labute approximate surface area is 142 Å². The van der Waals surface area contributed by atoms with Crippen molar-refractivity contribution in [2.45, 2.75) is 37.8 Å². The molecule has 2 aliphatic heterocycles. The largest absolute Gasteiger partial charge is 0.396 e. The Bertz CT molecular complexity index is 755. The standard InChI is InChI=1S/C20H26N2O2/c23-11-16-15-9-18-20-14(13-3-1-2-4-17(13)21-20)7-8-22(18)10-12(15)5-6-19(16)24/h1-4,12,15-16,18-19,21,23-24H,5-11H2/t12-,15-,16+,18-,19-/m0/s1. The van der Waals surface area contributed by atoms with E-state index in [0.717, 1.165) is 38.8 Å². The summed E-state index contributed by atoms with van der Waals surface area (Å²) in [5, 5.41) is 21.5. The number of H-pyrrole nitrogens is 1. The number of para-hydroxylation sites is 1. The van der Waals surface area contributed by atoms with Gasteiger partial charge in [0.15, 0.2) is 0 Å². The molecule has 3 N–H and O–H groups in total. The van der Waals surface area contributed by atoms with E-state index in [-0.39, 0.29) is 18.6 Å². The number of aromatic nitrogens is 1. The number of aliphatic hydroxyl groups excluding tert-OH is 2. The number of aromatic amines is 1. The van der Waals surface area contributed by atoms with E-state index in [1.165, 1.54) is 22.2 Å². The van der Waals surface area contributed by atoms with Gasteiger partial charge in [-0.15, -0.1) is 0 Å². The van der Waals surface area contributed by atoms with E-state index in [2.05, 4.69) is 34.1 Å². The molecule has 4 nitrogen and oxygen atoms in total. The molecule has 0 radical (unpaired) electrons. The highest BCUT2D eigenvalue weighted by molar-refractivity contribution is 5.85. The molecule has 3 aliphatic rings. The lowest BCUT2D eigenvalue weighted by molar-refractivity contribution is -0.0724. The number of piperidine rings is 1. The van der Waals surface area contributed by atoms with E-state index in [9.17, 15) is 10.2 Å². The van der Waals surface area contributed by atoms with Gasteiger partial charge in [-0.3, -0.25) is 4.90 Å². The van der Waals surface area contributed by atoms with Gasteiger partial charge in [-0.05, 0) is 49.1 Å². The van der Waals surface area contributed by atoms with Gasteiger partial charge in [0.25, 0.3) is 0 Å². The second kappa shape index (κ2) is 5.58. The van der Waals surface area contributed by atoms with Crippen LogP contribution in [0.1, 0.15) is 36.6 Å². The van der Waals surface area contributed by atoms with Gasteiger partial charge >= 0.3 is 0 Å². The molecule has 5 atom stereocenters. The Morgan fingerprint density at radius 1 is 1.21 bits per heavy atom. The lowest BCUT2D eigenvalue weighted by atomic mass is 9.65. The summed E-state index contributed by atoms with van der Waals surface area (Å²) in [6.07, 6.45) is 3.81. The lowest BCUT2D eigenvalue weighted by Gasteiger charge is -2.51. The molecule has 5 rings (SSSR count). The fourth-order valence-electron chi connectivity index (χ4n) is 5.71. The zero-order chi connectivity index (χ0) is 16.3. The maximum atomic E-state index is 10.3. The molecule has 3 heterocycles. The molecule has 128 valence electrons. The molecule has 2 fully saturated rings. The van der Waals surface area contributed by atoms with Crippen molar-refractivity contribution in [3.63, 3.8) is 0 Å².